The van der Waals surface area contributed by atoms with Gasteiger partial charge < -0.3 is 0 Å². The standard InChI is InChI=1S/C10H9F3N2O/c1-7(10(11,12)13)14-15-9(16)8-5-3-2-4-6-8/h2-6H,1H3,(H,15,16)/b14-7-. The van der Waals surface area contributed by atoms with Gasteiger partial charge in [-0.15, -0.1) is 0 Å². The highest BCUT2D eigenvalue weighted by Gasteiger charge is 2.32. The number of hydrogen-bond acceptors (Lipinski definition) is 2. The van der Waals surface area contributed by atoms with Gasteiger partial charge in [0, 0.05) is 5.56 Å². The van der Waals surface area contributed by atoms with Crippen molar-refractivity contribution in [2.45, 2.75) is 13.1 Å². The van der Waals surface area contributed by atoms with Crippen LogP contribution in [0.5, 0.6) is 0 Å². The molecule has 3 nitrogen and oxygen atoms in total. The van der Waals surface area contributed by atoms with Crippen LogP contribution in [0.2, 0.25) is 0 Å². The third-order valence-corrected chi connectivity index (χ3v) is 1.77. The topological polar surface area (TPSA) is 41.5 Å². The molecule has 0 unspecified atom stereocenters. The maximum Gasteiger partial charge on any atom is 0.430 e. The van der Waals surface area contributed by atoms with Crippen molar-refractivity contribution in [3.63, 3.8) is 0 Å². The van der Waals surface area contributed by atoms with Crippen molar-refractivity contribution in [2.75, 3.05) is 0 Å². The number of benzene rings is 1. The molecule has 1 amide bonds. The van der Waals surface area contributed by atoms with Crippen LogP contribution in [0.15, 0.2) is 35.4 Å². The van der Waals surface area contributed by atoms with Gasteiger partial charge >= 0.3 is 6.18 Å². The monoisotopic (exact) mass is 230 g/mol. The molecule has 0 radical (unpaired) electrons. The Morgan fingerprint density at radius 3 is 2.31 bits per heavy atom. The van der Waals surface area contributed by atoms with Crippen LogP contribution in [0, 0.1) is 0 Å². The number of carbonyl (C=O) groups is 1. The molecule has 16 heavy (non-hydrogen) atoms. The molecule has 1 aromatic carbocycles. The quantitative estimate of drug-likeness (QED) is 0.615. The molecular weight excluding hydrogens is 221 g/mol. The van der Waals surface area contributed by atoms with Crippen LogP contribution in [0.4, 0.5) is 13.2 Å². The number of hydrazone groups is 1. The summed E-state index contributed by atoms with van der Waals surface area (Å²) in [5, 5.41) is 2.96. The number of hydrogen-bond donors (Lipinski definition) is 1. The largest absolute Gasteiger partial charge is 0.430 e. The van der Waals surface area contributed by atoms with E-state index in [1.807, 2.05) is 5.43 Å². The summed E-state index contributed by atoms with van der Waals surface area (Å²) in [7, 11) is 0. The maximum atomic E-state index is 12.0. The molecule has 0 heterocycles. The first-order chi connectivity index (χ1) is 7.41. The lowest BCUT2D eigenvalue weighted by atomic mass is 10.2. The van der Waals surface area contributed by atoms with Crippen molar-refractivity contribution in [3.8, 4) is 0 Å². The molecule has 0 fully saturated rings. The molecule has 0 aliphatic rings. The highest BCUT2D eigenvalue weighted by atomic mass is 19.4. The predicted molar refractivity (Wildman–Crippen MR) is 53.1 cm³/mol. The third-order valence-electron chi connectivity index (χ3n) is 1.77. The van der Waals surface area contributed by atoms with E-state index < -0.39 is 17.8 Å². The van der Waals surface area contributed by atoms with Gasteiger partial charge in [0.25, 0.3) is 5.91 Å². The van der Waals surface area contributed by atoms with Crippen LogP contribution in [0.1, 0.15) is 17.3 Å². The van der Waals surface area contributed by atoms with Gasteiger partial charge in [-0.2, -0.15) is 18.3 Å². The van der Waals surface area contributed by atoms with Gasteiger partial charge in [-0.25, -0.2) is 5.43 Å². The van der Waals surface area contributed by atoms with Crippen LogP contribution < -0.4 is 5.43 Å². The molecule has 0 aromatic heterocycles. The molecule has 0 bridgehead atoms. The first-order valence-corrected chi connectivity index (χ1v) is 4.38. The minimum Gasteiger partial charge on any atom is -0.267 e. The summed E-state index contributed by atoms with van der Waals surface area (Å²) in [4.78, 5) is 11.3. The van der Waals surface area contributed by atoms with E-state index in [1.165, 1.54) is 12.1 Å². The summed E-state index contributed by atoms with van der Waals surface area (Å²) >= 11 is 0. The second kappa shape index (κ2) is 4.78. The molecule has 0 aliphatic carbocycles. The number of amides is 1. The van der Waals surface area contributed by atoms with Crippen molar-refractivity contribution >= 4 is 11.6 Å². The van der Waals surface area contributed by atoms with E-state index in [-0.39, 0.29) is 5.56 Å². The summed E-state index contributed by atoms with van der Waals surface area (Å²) in [6.07, 6.45) is -4.52. The van der Waals surface area contributed by atoms with E-state index in [1.54, 1.807) is 18.2 Å². The zero-order chi connectivity index (χ0) is 12.2. The molecule has 0 saturated heterocycles. The van der Waals surface area contributed by atoms with E-state index in [0.29, 0.717) is 0 Å². The Balaban J connectivity index is 2.67. The number of carbonyl (C=O) groups excluding carboxylic acids is 1. The lowest BCUT2D eigenvalue weighted by Gasteiger charge is -2.05. The number of halogens is 3. The van der Waals surface area contributed by atoms with Crippen molar-refractivity contribution < 1.29 is 18.0 Å². The number of alkyl halides is 3. The third kappa shape index (κ3) is 3.38. The van der Waals surface area contributed by atoms with Crippen LogP contribution in [-0.2, 0) is 0 Å². The summed E-state index contributed by atoms with van der Waals surface area (Å²) < 4.78 is 36.1. The average molecular weight is 230 g/mol. The predicted octanol–water partition coefficient (Wildman–Crippen LogP) is 2.35. The molecule has 0 atom stereocenters. The molecule has 0 spiro atoms. The summed E-state index contributed by atoms with van der Waals surface area (Å²) in [6, 6.07) is 7.87. The van der Waals surface area contributed by atoms with Crippen molar-refractivity contribution in [1.82, 2.24) is 5.43 Å². The molecule has 1 rings (SSSR count). The van der Waals surface area contributed by atoms with Crippen molar-refractivity contribution in [1.29, 1.82) is 0 Å². The fraction of sp³-hybridized carbons (Fsp3) is 0.200. The van der Waals surface area contributed by atoms with Gasteiger partial charge in [-0.05, 0) is 19.1 Å². The Labute approximate surface area is 90.0 Å². The Kier molecular flexibility index (Phi) is 3.65. The summed E-state index contributed by atoms with van der Waals surface area (Å²) in [6.45, 7) is 0.783. The van der Waals surface area contributed by atoms with Gasteiger partial charge in [0.05, 0.1) is 0 Å². The molecular formula is C10H9F3N2O. The minimum atomic E-state index is -4.52. The lowest BCUT2D eigenvalue weighted by molar-refractivity contribution is -0.0595. The second-order valence-electron chi connectivity index (χ2n) is 3.00. The van der Waals surface area contributed by atoms with Gasteiger partial charge in [0.15, 0.2) is 0 Å². The van der Waals surface area contributed by atoms with Crippen LogP contribution >= 0.6 is 0 Å². The Bertz CT molecular complexity index is 398. The molecule has 1 N–H and O–H groups in total. The highest BCUT2D eigenvalue weighted by Crippen LogP contribution is 2.16. The summed E-state index contributed by atoms with van der Waals surface area (Å²) in [5.41, 5.74) is 0.985. The zero-order valence-corrected chi connectivity index (χ0v) is 8.38. The number of nitrogens with zero attached hydrogens (tertiary/aromatic N) is 1. The molecule has 1 aromatic rings. The Hall–Kier alpha value is -1.85. The Morgan fingerprint density at radius 1 is 1.25 bits per heavy atom. The maximum absolute atomic E-state index is 12.0. The van der Waals surface area contributed by atoms with E-state index >= 15 is 0 Å². The fourth-order valence-electron chi connectivity index (χ4n) is 0.852. The normalized spacial score (nSPS) is 12.4. The highest BCUT2D eigenvalue weighted by molar-refractivity contribution is 5.95. The zero-order valence-electron chi connectivity index (χ0n) is 8.38. The van der Waals surface area contributed by atoms with Crippen LogP contribution in [-0.4, -0.2) is 17.8 Å². The average Bonchev–Trinajstić information content (AvgIpc) is 2.25. The second-order valence-corrected chi connectivity index (χ2v) is 3.00. The van der Waals surface area contributed by atoms with E-state index in [4.69, 9.17) is 0 Å². The van der Waals surface area contributed by atoms with E-state index in [0.717, 1.165) is 6.92 Å². The van der Waals surface area contributed by atoms with Gasteiger partial charge in [0.2, 0.25) is 0 Å². The van der Waals surface area contributed by atoms with E-state index in [2.05, 4.69) is 5.10 Å². The first kappa shape index (κ1) is 12.2. The molecule has 0 aliphatic heterocycles. The van der Waals surface area contributed by atoms with Gasteiger partial charge in [-0.3, -0.25) is 4.79 Å². The number of rotatable bonds is 2. The van der Waals surface area contributed by atoms with Crippen molar-refractivity contribution in [3.05, 3.63) is 35.9 Å². The Morgan fingerprint density at radius 2 is 1.81 bits per heavy atom. The van der Waals surface area contributed by atoms with Crippen LogP contribution in [0.25, 0.3) is 0 Å². The summed E-state index contributed by atoms with van der Waals surface area (Å²) in [5.74, 6) is -0.677. The molecule has 6 heteroatoms. The van der Waals surface area contributed by atoms with Gasteiger partial charge in [0.1, 0.15) is 5.71 Å². The smallest absolute Gasteiger partial charge is 0.267 e. The molecule has 0 saturated carbocycles. The first-order valence-electron chi connectivity index (χ1n) is 4.38. The van der Waals surface area contributed by atoms with Crippen molar-refractivity contribution in [2.24, 2.45) is 5.10 Å². The minimum absolute atomic E-state index is 0.251. The lowest BCUT2D eigenvalue weighted by Crippen LogP contribution is -2.25. The van der Waals surface area contributed by atoms with Crippen LogP contribution in [0.3, 0.4) is 0 Å². The number of nitrogens with one attached hydrogen (secondary N) is 1. The van der Waals surface area contributed by atoms with Gasteiger partial charge in [-0.1, -0.05) is 18.2 Å². The van der Waals surface area contributed by atoms with E-state index in [9.17, 15) is 18.0 Å². The molecule has 86 valence electrons. The SMILES string of the molecule is C/C(=N/NC(=O)c1ccccc1)C(F)(F)F. The fourth-order valence-corrected chi connectivity index (χ4v) is 0.852.